The van der Waals surface area contributed by atoms with Gasteiger partial charge in [0.25, 0.3) is 0 Å². The molecule has 1 N–H and O–H groups in total. The third-order valence-electron chi connectivity index (χ3n) is 3.60. The second kappa shape index (κ2) is 6.81. The fourth-order valence-corrected chi connectivity index (χ4v) is 3.42. The molecule has 7 heteroatoms. The van der Waals surface area contributed by atoms with E-state index in [1.54, 1.807) is 0 Å². The predicted octanol–water partition coefficient (Wildman–Crippen LogP) is 3.16. The standard InChI is InChI=1S/C15H18ClN3O2S/c1-9(15-10(2)18-19-22-15)17-4-3-11-7-12(16)14-13(8-11)20-5-6-21-14/h7-9,17H,3-6H2,1-2H3. The number of nitrogens with zero attached hydrogens (tertiary/aromatic N) is 2. The SMILES string of the molecule is Cc1nnsc1C(C)NCCc1cc(Cl)c2c(c1)OCCO2. The Labute approximate surface area is 138 Å². The van der Waals surface area contributed by atoms with Gasteiger partial charge in [-0.2, -0.15) is 0 Å². The summed E-state index contributed by atoms with van der Waals surface area (Å²) in [6, 6.07) is 4.19. The maximum Gasteiger partial charge on any atom is 0.179 e. The number of halogens is 1. The average Bonchev–Trinajstić information content (AvgIpc) is 2.93. The van der Waals surface area contributed by atoms with Crippen molar-refractivity contribution in [3.05, 3.63) is 33.3 Å². The van der Waals surface area contributed by atoms with E-state index in [1.807, 2.05) is 19.1 Å². The van der Waals surface area contributed by atoms with Crippen molar-refractivity contribution in [3.63, 3.8) is 0 Å². The minimum Gasteiger partial charge on any atom is -0.486 e. The van der Waals surface area contributed by atoms with Crippen molar-refractivity contribution in [1.29, 1.82) is 0 Å². The Balaban J connectivity index is 1.60. The number of hydrogen-bond donors (Lipinski definition) is 1. The Hall–Kier alpha value is -1.37. The van der Waals surface area contributed by atoms with Crippen molar-refractivity contribution >= 4 is 23.1 Å². The van der Waals surface area contributed by atoms with Gasteiger partial charge in [-0.25, -0.2) is 0 Å². The smallest absolute Gasteiger partial charge is 0.179 e. The van der Waals surface area contributed by atoms with Crippen LogP contribution in [-0.2, 0) is 6.42 Å². The van der Waals surface area contributed by atoms with Crippen LogP contribution in [0.5, 0.6) is 11.5 Å². The molecule has 3 rings (SSSR count). The molecule has 0 bridgehead atoms. The van der Waals surface area contributed by atoms with Crippen LogP contribution in [0.15, 0.2) is 12.1 Å². The number of nitrogens with one attached hydrogen (secondary N) is 1. The number of aryl methyl sites for hydroxylation is 1. The Kier molecular flexibility index (Phi) is 4.81. The van der Waals surface area contributed by atoms with Gasteiger partial charge in [0.2, 0.25) is 0 Å². The quantitative estimate of drug-likeness (QED) is 0.906. The predicted molar refractivity (Wildman–Crippen MR) is 87.2 cm³/mol. The number of fused-ring (bicyclic) bond motifs is 1. The first-order valence-corrected chi connectivity index (χ1v) is 8.40. The fourth-order valence-electron chi connectivity index (χ4n) is 2.47. The van der Waals surface area contributed by atoms with Crippen molar-refractivity contribution in [2.24, 2.45) is 0 Å². The van der Waals surface area contributed by atoms with E-state index in [0.29, 0.717) is 24.0 Å². The zero-order valence-corrected chi connectivity index (χ0v) is 14.1. The minimum atomic E-state index is 0.243. The van der Waals surface area contributed by atoms with Crippen LogP contribution in [0.4, 0.5) is 0 Å². The van der Waals surface area contributed by atoms with Crippen LogP contribution in [0.25, 0.3) is 0 Å². The van der Waals surface area contributed by atoms with Crippen LogP contribution in [0.3, 0.4) is 0 Å². The molecule has 1 aromatic carbocycles. The Morgan fingerprint density at radius 2 is 2.18 bits per heavy atom. The monoisotopic (exact) mass is 339 g/mol. The Bertz CT molecular complexity index is 662. The van der Waals surface area contributed by atoms with E-state index in [0.717, 1.165) is 30.0 Å². The molecule has 1 aromatic heterocycles. The minimum absolute atomic E-state index is 0.243. The van der Waals surface area contributed by atoms with Crippen molar-refractivity contribution in [2.75, 3.05) is 19.8 Å². The van der Waals surface area contributed by atoms with E-state index in [9.17, 15) is 0 Å². The molecule has 0 radical (unpaired) electrons. The molecule has 0 saturated heterocycles. The van der Waals surface area contributed by atoms with E-state index >= 15 is 0 Å². The molecule has 0 spiro atoms. The van der Waals surface area contributed by atoms with Gasteiger partial charge in [0.05, 0.1) is 15.6 Å². The van der Waals surface area contributed by atoms with Crippen LogP contribution in [0.1, 0.15) is 29.1 Å². The second-order valence-corrected chi connectivity index (χ2v) is 6.44. The topological polar surface area (TPSA) is 56.3 Å². The van der Waals surface area contributed by atoms with Gasteiger partial charge < -0.3 is 14.8 Å². The fraction of sp³-hybridized carbons (Fsp3) is 0.467. The zero-order chi connectivity index (χ0) is 15.5. The highest BCUT2D eigenvalue weighted by Crippen LogP contribution is 2.38. The third-order valence-corrected chi connectivity index (χ3v) is 4.89. The van der Waals surface area contributed by atoms with Gasteiger partial charge in [0.15, 0.2) is 11.5 Å². The molecule has 1 unspecified atom stereocenters. The van der Waals surface area contributed by atoms with Crippen molar-refractivity contribution in [2.45, 2.75) is 26.3 Å². The Morgan fingerprint density at radius 3 is 2.95 bits per heavy atom. The summed E-state index contributed by atoms with van der Waals surface area (Å²) >= 11 is 7.69. The molecule has 5 nitrogen and oxygen atoms in total. The highest BCUT2D eigenvalue weighted by molar-refractivity contribution is 7.05. The summed E-state index contributed by atoms with van der Waals surface area (Å²) in [4.78, 5) is 1.18. The lowest BCUT2D eigenvalue weighted by molar-refractivity contribution is 0.171. The molecular weight excluding hydrogens is 322 g/mol. The highest BCUT2D eigenvalue weighted by atomic mass is 35.5. The summed E-state index contributed by atoms with van der Waals surface area (Å²) in [6.07, 6.45) is 0.867. The first-order valence-electron chi connectivity index (χ1n) is 7.25. The van der Waals surface area contributed by atoms with Gasteiger partial charge in [-0.05, 0) is 56.0 Å². The highest BCUT2D eigenvalue weighted by Gasteiger charge is 2.17. The maximum absolute atomic E-state index is 6.25. The van der Waals surface area contributed by atoms with Gasteiger partial charge >= 0.3 is 0 Å². The van der Waals surface area contributed by atoms with Crippen molar-refractivity contribution < 1.29 is 9.47 Å². The summed E-state index contributed by atoms with van der Waals surface area (Å²) in [6.45, 7) is 6.07. The zero-order valence-electron chi connectivity index (χ0n) is 12.6. The molecule has 1 aliphatic heterocycles. The Morgan fingerprint density at radius 1 is 1.36 bits per heavy atom. The van der Waals surface area contributed by atoms with Gasteiger partial charge in [-0.3, -0.25) is 0 Å². The molecule has 118 valence electrons. The molecule has 2 aromatic rings. The molecule has 0 aliphatic carbocycles. The van der Waals surface area contributed by atoms with Gasteiger partial charge in [0, 0.05) is 6.04 Å². The van der Waals surface area contributed by atoms with E-state index < -0.39 is 0 Å². The average molecular weight is 340 g/mol. The molecule has 0 fully saturated rings. The van der Waals surface area contributed by atoms with Crippen LogP contribution < -0.4 is 14.8 Å². The first kappa shape index (κ1) is 15.5. The molecule has 0 saturated carbocycles. The van der Waals surface area contributed by atoms with E-state index in [1.165, 1.54) is 16.4 Å². The number of aromatic nitrogens is 2. The second-order valence-electron chi connectivity index (χ2n) is 5.25. The first-order chi connectivity index (χ1) is 10.6. The number of ether oxygens (including phenoxy) is 2. The van der Waals surface area contributed by atoms with Gasteiger partial charge in [0.1, 0.15) is 13.2 Å². The van der Waals surface area contributed by atoms with Crippen LogP contribution >= 0.6 is 23.1 Å². The lowest BCUT2D eigenvalue weighted by Gasteiger charge is -2.20. The number of rotatable bonds is 5. The summed E-state index contributed by atoms with van der Waals surface area (Å²) in [5, 5.41) is 8.15. The van der Waals surface area contributed by atoms with E-state index in [4.69, 9.17) is 21.1 Å². The molecule has 2 heterocycles. The van der Waals surface area contributed by atoms with Crippen LogP contribution in [-0.4, -0.2) is 29.3 Å². The molecule has 22 heavy (non-hydrogen) atoms. The van der Waals surface area contributed by atoms with Crippen molar-refractivity contribution in [3.8, 4) is 11.5 Å². The lowest BCUT2D eigenvalue weighted by Crippen LogP contribution is -2.21. The largest absolute Gasteiger partial charge is 0.486 e. The molecule has 1 aliphatic rings. The molecular formula is C15H18ClN3O2S. The van der Waals surface area contributed by atoms with Gasteiger partial charge in [-0.1, -0.05) is 16.1 Å². The number of benzene rings is 1. The van der Waals surface area contributed by atoms with Crippen LogP contribution in [0.2, 0.25) is 5.02 Å². The van der Waals surface area contributed by atoms with Gasteiger partial charge in [-0.15, -0.1) is 5.10 Å². The third kappa shape index (κ3) is 3.34. The lowest BCUT2D eigenvalue weighted by atomic mass is 10.1. The summed E-state index contributed by atoms with van der Waals surface area (Å²) < 4.78 is 15.1. The summed E-state index contributed by atoms with van der Waals surface area (Å²) in [5.74, 6) is 1.40. The van der Waals surface area contributed by atoms with E-state index in [2.05, 4.69) is 21.8 Å². The van der Waals surface area contributed by atoms with E-state index in [-0.39, 0.29) is 6.04 Å². The summed E-state index contributed by atoms with van der Waals surface area (Å²) in [7, 11) is 0. The number of hydrogen-bond acceptors (Lipinski definition) is 6. The van der Waals surface area contributed by atoms with Crippen LogP contribution in [0, 0.1) is 6.92 Å². The molecule has 1 atom stereocenters. The molecule has 0 amide bonds. The normalized spacial score (nSPS) is 14.9. The van der Waals surface area contributed by atoms with Crippen molar-refractivity contribution in [1.82, 2.24) is 14.9 Å². The summed E-state index contributed by atoms with van der Waals surface area (Å²) in [5.41, 5.74) is 2.13. The maximum atomic E-state index is 6.25.